The minimum Gasteiger partial charge on any atom is -0.491 e. The third kappa shape index (κ3) is 6.69. The second kappa shape index (κ2) is 10.4. The third-order valence-corrected chi connectivity index (χ3v) is 5.83. The molecular formula is C23H35NO5. The van der Waals surface area contributed by atoms with Crippen molar-refractivity contribution in [3.05, 3.63) is 24.3 Å². The number of ether oxygens (including phenoxy) is 3. The molecule has 162 valence electrons. The van der Waals surface area contributed by atoms with Crippen molar-refractivity contribution in [3.63, 3.8) is 0 Å². The molecule has 0 spiro atoms. The van der Waals surface area contributed by atoms with Crippen LogP contribution < -0.4 is 9.64 Å². The molecule has 1 aliphatic heterocycles. The second-order valence-electron chi connectivity index (χ2n) is 8.60. The average Bonchev–Trinajstić information content (AvgIpc) is 3.33. The molecular weight excluding hydrogens is 370 g/mol. The fraction of sp³-hybridized carbons (Fsp3) is 0.696. The van der Waals surface area contributed by atoms with Crippen molar-refractivity contribution < 1.29 is 24.1 Å². The highest BCUT2D eigenvalue weighted by atomic mass is 16.5. The molecule has 2 atom stereocenters. The van der Waals surface area contributed by atoms with Gasteiger partial charge in [0.15, 0.2) is 0 Å². The van der Waals surface area contributed by atoms with Crippen LogP contribution in [0, 0.1) is 5.92 Å². The summed E-state index contributed by atoms with van der Waals surface area (Å²) in [5.41, 5.74) is 0.0263. The monoisotopic (exact) mass is 405 g/mol. The molecule has 1 aromatic rings. The number of anilines is 1. The average molecular weight is 406 g/mol. The Bertz CT molecular complexity index is 639. The number of rotatable bonds is 11. The molecule has 1 saturated carbocycles. The minimum absolute atomic E-state index is 0.106. The van der Waals surface area contributed by atoms with Crippen molar-refractivity contribution in [2.75, 3.05) is 37.9 Å². The molecule has 0 radical (unpaired) electrons. The number of amides is 1. The molecule has 2 aliphatic rings. The van der Waals surface area contributed by atoms with Gasteiger partial charge in [0.1, 0.15) is 12.4 Å². The van der Waals surface area contributed by atoms with Crippen LogP contribution in [0.3, 0.4) is 0 Å². The predicted octanol–water partition coefficient (Wildman–Crippen LogP) is 3.56. The van der Waals surface area contributed by atoms with Crippen LogP contribution in [0.4, 0.5) is 5.69 Å². The smallest absolute Gasteiger partial charge is 0.229 e. The van der Waals surface area contributed by atoms with Gasteiger partial charge in [0, 0.05) is 31.2 Å². The zero-order chi connectivity index (χ0) is 20.7. The zero-order valence-electron chi connectivity index (χ0n) is 17.8. The van der Waals surface area contributed by atoms with E-state index in [2.05, 4.69) is 0 Å². The standard InChI is InChI=1S/C23H35NO5/c1-18-11-13-24(22(18)25)19-7-9-21(10-8-19)29-16-15-27-17-23(2,26)12-14-28-20-5-3-4-6-20/h7-10,18,20,26H,3-6,11-17H2,1-2H3. The lowest BCUT2D eigenvalue weighted by Crippen LogP contribution is -2.33. The van der Waals surface area contributed by atoms with E-state index in [1.807, 2.05) is 36.1 Å². The Hall–Kier alpha value is -1.63. The molecule has 3 rings (SSSR count). The van der Waals surface area contributed by atoms with Crippen LogP contribution in [0.25, 0.3) is 0 Å². The first-order valence-corrected chi connectivity index (χ1v) is 10.9. The normalized spacial score (nSPS) is 22.2. The van der Waals surface area contributed by atoms with Gasteiger partial charge in [-0.15, -0.1) is 0 Å². The van der Waals surface area contributed by atoms with Crippen molar-refractivity contribution in [1.29, 1.82) is 0 Å². The summed E-state index contributed by atoms with van der Waals surface area (Å²) in [5, 5.41) is 10.4. The molecule has 6 nitrogen and oxygen atoms in total. The van der Waals surface area contributed by atoms with Crippen LogP contribution >= 0.6 is 0 Å². The van der Waals surface area contributed by atoms with Crippen LogP contribution in [0.5, 0.6) is 5.75 Å². The minimum atomic E-state index is -0.889. The van der Waals surface area contributed by atoms with Crippen LogP contribution in [0.15, 0.2) is 24.3 Å². The summed E-state index contributed by atoms with van der Waals surface area (Å²) in [6.07, 6.45) is 6.64. The summed E-state index contributed by atoms with van der Waals surface area (Å²) in [6.45, 7) is 6.18. The quantitative estimate of drug-likeness (QED) is 0.570. The van der Waals surface area contributed by atoms with Crippen LogP contribution in [-0.2, 0) is 14.3 Å². The van der Waals surface area contributed by atoms with E-state index in [4.69, 9.17) is 14.2 Å². The van der Waals surface area contributed by atoms with E-state index >= 15 is 0 Å². The predicted molar refractivity (Wildman–Crippen MR) is 112 cm³/mol. The van der Waals surface area contributed by atoms with Gasteiger partial charge in [-0.1, -0.05) is 19.8 Å². The maximum absolute atomic E-state index is 12.1. The summed E-state index contributed by atoms with van der Waals surface area (Å²) in [5.74, 6) is 1.04. The highest BCUT2D eigenvalue weighted by molar-refractivity contribution is 5.96. The van der Waals surface area contributed by atoms with Gasteiger partial charge < -0.3 is 24.2 Å². The SMILES string of the molecule is CC1CCN(c2ccc(OCCOCC(C)(O)CCOC3CCCC3)cc2)C1=O. The Kier molecular flexibility index (Phi) is 7.92. The first-order chi connectivity index (χ1) is 13.9. The van der Waals surface area contributed by atoms with E-state index in [0.29, 0.717) is 32.3 Å². The van der Waals surface area contributed by atoms with E-state index in [1.165, 1.54) is 12.8 Å². The highest BCUT2D eigenvalue weighted by Gasteiger charge is 2.28. The van der Waals surface area contributed by atoms with Crippen molar-refractivity contribution >= 4 is 11.6 Å². The molecule has 1 aliphatic carbocycles. The number of carbonyl (C=O) groups is 1. The van der Waals surface area contributed by atoms with Gasteiger partial charge in [0.05, 0.1) is 24.9 Å². The first kappa shape index (κ1) is 22.1. The number of aliphatic hydroxyl groups is 1. The molecule has 2 unspecified atom stereocenters. The zero-order valence-corrected chi connectivity index (χ0v) is 17.8. The number of nitrogens with zero attached hydrogens (tertiary/aromatic N) is 1. The Balaban J connectivity index is 1.29. The molecule has 2 fully saturated rings. The Morgan fingerprint density at radius 2 is 1.83 bits per heavy atom. The maximum Gasteiger partial charge on any atom is 0.229 e. The number of carbonyl (C=O) groups excluding carboxylic acids is 1. The third-order valence-electron chi connectivity index (χ3n) is 5.83. The van der Waals surface area contributed by atoms with Gasteiger partial charge in [0.2, 0.25) is 5.91 Å². The lowest BCUT2D eigenvalue weighted by Gasteiger charge is -2.24. The van der Waals surface area contributed by atoms with E-state index in [0.717, 1.165) is 37.2 Å². The molecule has 1 saturated heterocycles. The molecule has 1 heterocycles. The van der Waals surface area contributed by atoms with Crippen LogP contribution in [-0.4, -0.2) is 55.7 Å². The maximum atomic E-state index is 12.1. The lowest BCUT2D eigenvalue weighted by molar-refractivity contribution is -0.119. The highest BCUT2D eigenvalue weighted by Crippen LogP contribution is 2.26. The summed E-state index contributed by atoms with van der Waals surface area (Å²) >= 11 is 0. The fourth-order valence-corrected chi connectivity index (χ4v) is 3.88. The molecule has 1 aromatic carbocycles. The fourth-order valence-electron chi connectivity index (χ4n) is 3.88. The van der Waals surface area contributed by atoms with E-state index in [9.17, 15) is 9.90 Å². The summed E-state index contributed by atoms with van der Waals surface area (Å²) in [4.78, 5) is 13.9. The number of benzene rings is 1. The molecule has 6 heteroatoms. The number of hydrogen-bond acceptors (Lipinski definition) is 5. The summed E-state index contributed by atoms with van der Waals surface area (Å²) < 4.78 is 17.1. The Morgan fingerprint density at radius 1 is 1.10 bits per heavy atom. The first-order valence-electron chi connectivity index (χ1n) is 10.9. The molecule has 0 bridgehead atoms. The summed E-state index contributed by atoms with van der Waals surface area (Å²) in [7, 11) is 0. The lowest BCUT2D eigenvalue weighted by atomic mass is 10.0. The topological polar surface area (TPSA) is 68.2 Å². The Morgan fingerprint density at radius 3 is 2.48 bits per heavy atom. The van der Waals surface area contributed by atoms with Crippen molar-refractivity contribution in [2.45, 2.75) is 64.1 Å². The van der Waals surface area contributed by atoms with Crippen molar-refractivity contribution in [1.82, 2.24) is 0 Å². The van der Waals surface area contributed by atoms with Gasteiger partial charge in [-0.25, -0.2) is 0 Å². The second-order valence-corrected chi connectivity index (χ2v) is 8.60. The van der Waals surface area contributed by atoms with Gasteiger partial charge in [-0.2, -0.15) is 0 Å². The molecule has 29 heavy (non-hydrogen) atoms. The van der Waals surface area contributed by atoms with Gasteiger partial charge in [0.25, 0.3) is 0 Å². The van der Waals surface area contributed by atoms with E-state index in [1.54, 1.807) is 6.92 Å². The van der Waals surface area contributed by atoms with Gasteiger partial charge >= 0.3 is 0 Å². The summed E-state index contributed by atoms with van der Waals surface area (Å²) in [6, 6.07) is 7.59. The van der Waals surface area contributed by atoms with Crippen molar-refractivity contribution in [3.8, 4) is 5.75 Å². The van der Waals surface area contributed by atoms with Crippen LogP contribution in [0.2, 0.25) is 0 Å². The number of hydrogen-bond donors (Lipinski definition) is 1. The van der Waals surface area contributed by atoms with Crippen LogP contribution in [0.1, 0.15) is 52.4 Å². The molecule has 1 amide bonds. The Labute approximate surface area is 174 Å². The van der Waals surface area contributed by atoms with Gasteiger partial charge in [-0.3, -0.25) is 4.79 Å². The van der Waals surface area contributed by atoms with E-state index < -0.39 is 5.60 Å². The van der Waals surface area contributed by atoms with E-state index in [-0.39, 0.29) is 18.4 Å². The molecule has 1 N–H and O–H groups in total. The molecule has 0 aromatic heterocycles. The van der Waals surface area contributed by atoms with Gasteiger partial charge in [-0.05, 0) is 50.5 Å². The largest absolute Gasteiger partial charge is 0.491 e. The van der Waals surface area contributed by atoms with Crippen molar-refractivity contribution in [2.24, 2.45) is 5.92 Å².